The van der Waals surface area contributed by atoms with E-state index < -0.39 is 5.97 Å². The van der Waals surface area contributed by atoms with Crippen molar-refractivity contribution < 1.29 is 19.1 Å². The van der Waals surface area contributed by atoms with Gasteiger partial charge in [-0.3, -0.25) is 4.79 Å². The quantitative estimate of drug-likeness (QED) is 0.407. The Labute approximate surface area is 178 Å². The normalized spacial score (nSPS) is 19.3. The van der Waals surface area contributed by atoms with E-state index in [0.717, 1.165) is 17.5 Å². The van der Waals surface area contributed by atoms with Gasteiger partial charge < -0.3 is 14.4 Å². The number of carbonyl (C=O) groups is 2. The number of esters is 1. The minimum absolute atomic E-state index is 0.147. The maximum Gasteiger partial charge on any atom is 0.339 e. The van der Waals surface area contributed by atoms with Crippen molar-refractivity contribution >= 4 is 23.5 Å². The highest BCUT2D eigenvalue weighted by molar-refractivity contribution is 6.22. The average Bonchev–Trinajstić information content (AvgIpc) is 2.75. The molecule has 5 heteroatoms. The van der Waals surface area contributed by atoms with Crippen molar-refractivity contribution in [2.75, 3.05) is 26.8 Å². The van der Waals surface area contributed by atoms with Crippen molar-refractivity contribution in [2.24, 2.45) is 11.8 Å². The fourth-order valence-electron chi connectivity index (χ4n) is 3.98. The van der Waals surface area contributed by atoms with E-state index in [-0.39, 0.29) is 12.5 Å². The summed E-state index contributed by atoms with van der Waals surface area (Å²) in [5, 5.41) is 0. The summed E-state index contributed by atoms with van der Waals surface area (Å²) in [6.07, 6.45) is 2.86. The van der Waals surface area contributed by atoms with E-state index in [2.05, 4.69) is 13.8 Å². The van der Waals surface area contributed by atoms with Crippen molar-refractivity contribution in [1.82, 2.24) is 4.90 Å². The number of piperidine rings is 1. The fourth-order valence-corrected chi connectivity index (χ4v) is 3.98. The highest BCUT2D eigenvalue weighted by Crippen LogP contribution is 2.26. The van der Waals surface area contributed by atoms with Gasteiger partial charge >= 0.3 is 5.97 Å². The molecular weight excluding hydrogens is 378 g/mol. The third-order valence-electron chi connectivity index (χ3n) is 5.29. The Kier molecular flexibility index (Phi) is 7.28. The molecule has 2 aromatic carbocycles. The van der Waals surface area contributed by atoms with Crippen LogP contribution >= 0.6 is 0 Å². The number of ether oxygens (including phenoxy) is 2. The first-order valence-electron chi connectivity index (χ1n) is 10.3. The Hall–Kier alpha value is -3.08. The third kappa shape index (κ3) is 5.50. The number of hydrogen-bond acceptors (Lipinski definition) is 4. The van der Waals surface area contributed by atoms with Crippen molar-refractivity contribution in [3.63, 3.8) is 0 Å². The van der Waals surface area contributed by atoms with Crippen molar-refractivity contribution in [2.45, 2.75) is 20.3 Å². The summed E-state index contributed by atoms with van der Waals surface area (Å²) in [5.41, 5.74) is 1.87. The van der Waals surface area contributed by atoms with Crippen LogP contribution in [0.25, 0.3) is 11.6 Å². The number of rotatable bonds is 6. The van der Waals surface area contributed by atoms with Crippen molar-refractivity contribution in [1.29, 1.82) is 0 Å². The van der Waals surface area contributed by atoms with Gasteiger partial charge in [0.1, 0.15) is 5.75 Å². The number of nitrogens with zero attached hydrogens (tertiary/aromatic N) is 1. The maximum absolute atomic E-state index is 13.0. The van der Waals surface area contributed by atoms with Gasteiger partial charge in [-0.2, -0.15) is 0 Å². The van der Waals surface area contributed by atoms with Gasteiger partial charge in [-0.25, -0.2) is 4.79 Å². The lowest BCUT2D eigenvalue weighted by Gasteiger charge is -2.34. The number of methoxy groups -OCH3 is 1. The van der Waals surface area contributed by atoms with Crippen LogP contribution in [0.5, 0.6) is 5.75 Å². The first-order valence-corrected chi connectivity index (χ1v) is 10.3. The Balaban J connectivity index is 1.78. The largest absolute Gasteiger partial charge is 0.496 e. The lowest BCUT2D eigenvalue weighted by atomic mass is 9.92. The van der Waals surface area contributed by atoms with Crippen LogP contribution < -0.4 is 4.74 Å². The van der Waals surface area contributed by atoms with Crippen LogP contribution in [-0.4, -0.2) is 43.6 Å². The summed E-state index contributed by atoms with van der Waals surface area (Å²) < 4.78 is 10.9. The van der Waals surface area contributed by atoms with Gasteiger partial charge in [0.15, 0.2) is 6.61 Å². The zero-order valence-corrected chi connectivity index (χ0v) is 17.8. The number of benzene rings is 2. The molecule has 2 aromatic rings. The summed E-state index contributed by atoms with van der Waals surface area (Å²) in [4.78, 5) is 27.4. The first-order chi connectivity index (χ1) is 14.5. The van der Waals surface area contributed by atoms with Crippen LogP contribution in [0.1, 0.15) is 31.4 Å². The van der Waals surface area contributed by atoms with Gasteiger partial charge in [0.25, 0.3) is 5.91 Å². The van der Waals surface area contributed by atoms with Gasteiger partial charge in [-0.05, 0) is 36.0 Å². The van der Waals surface area contributed by atoms with Crippen LogP contribution in [0.2, 0.25) is 0 Å². The predicted molar refractivity (Wildman–Crippen MR) is 118 cm³/mol. The molecule has 3 rings (SSSR count). The predicted octanol–water partition coefficient (Wildman–Crippen LogP) is 4.28. The molecule has 2 unspecified atom stereocenters. The molecule has 1 aliphatic heterocycles. The number of likely N-dealkylation sites (tertiary alicyclic amines) is 1. The molecule has 0 N–H and O–H groups in total. The molecule has 1 fully saturated rings. The Bertz CT molecular complexity index is 896. The molecule has 30 heavy (non-hydrogen) atoms. The highest BCUT2D eigenvalue weighted by atomic mass is 16.5. The minimum atomic E-state index is -0.529. The molecule has 2 atom stereocenters. The van der Waals surface area contributed by atoms with Gasteiger partial charge in [0.05, 0.1) is 12.7 Å². The molecule has 1 saturated heterocycles. The van der Waals surface area contributed by atoms with Crippen LogP contribution in [-0.2, 0) is 14.3 Å². The summed E-state index contributed by atoms with van der Waals surface area (Å²) >= 11 is 0. The third-order valence-corrected chi connectivity index (χ3v) is 5.29. The molecule has 0 aliphatic carbocycles. The Morgan fingerprint density at radius 3 is 2.30 bits per heavy atom. The molecule has 0 aromatic heterocycles. The number of carbonyl (C=O) groups excluding carboxylic acids is 2. The summed E-state index contributed by atoms with van der Waals surface area (Å²) in [7, 11) is 1.59. The second kappa shape index (κ2) is 10.1. The Morgan fingerprint density at radius 2 is 1.63 bits per heavy atom. The maximum atomic E-state index is 13.0. The van der Waals surface area contributed by atoms with Gasteiger partial charge in [-0.15, -0.1) is 0 Å². The van der Waals surface area contributed by atoms with Gasteiger partial charge in [0.2, 0.25) is 0 Å². The number of amides is 1. The molecule has 1 aliphatic rings. The smallest absolute Gasteiger partial charge is 0.339 e. The number of hydrogen-bond donors (Lipinski definition) is 0. The van der Waals surface area contributed by atoms with Crippen molar-refractivity contribution in [3.8, 4) is 5.75 Å². The van der Waals surface area contributed by atoms with Crippen LogP contribution in [0.4, 0.5) is 0 Å². The zero-order chi connectivity index (χ0) is 21.5. The van der Waals surface area contributed by atoms with E-state index >= 15 is 0 Å². The summed E-state index contributed by atoms with van der Waals surface area (Å²) in [5.74, 6) is 0.897. The van der Waals surface area contributed by atoms with Crippen molar-refractivity contribution in [3.05, 3.63) is 65.7 Å². The molecule has 0 saturated carbocycles. The molecule has 0 radical (unpaired) electrons. The molecule has 5 nitrogen and oxygen atoms in total. The SMILES string of the molecule is COc1ccccc1/C=C(/C(=O)OCC(=O)N1CC(C)CC(C)C1)c1ccccc1. The first kappa shape index (κ1) is 21.6. The van der Waals surface area contributed by atoms with Gasteiger partial charge in [0, 0.05) is 18.7 Å². The minimum Gasteiger partial charge on any atom is -0.496 e. The monoisotopic (exact) mass is 407 g/mol. The second-order valence-corrected chi connectivity index (χ2v) is 7.99. The van der Waals surface area contributed by atoms with E-state index in [9.17, 15) is 9.59 Å². The average molecular weight is 408 g/mol. The van der Waals surface area contributed by atoms with E-state index in [1.807, 2.05) is 54.6 Å². The fraction of sp³-hybridized carbons (Fsp3) is 0.360. The highest BCUT2D eigenvalue weighted by Gasteiger charge is 2.26. The van der Waals surface area contributed by atoms with Crippen LogP contribution in [0.15, 0.2) is 54.6 Å². The number of para-hydroxylation sites is 1. The van der Waals surface area contributed by atoms with E-state index in [4.69, 9.17) is 9.47 Å². The van der Waals surface area contributed by atoms with E-state index in [1.54, 1.807) is 18.1 Å². The standard InChI is InChI=1S/C25H29NO4/c1-18-13-19(2)16-26(15-18)24(27)17-30-25(28)22(20-9-5-4-6-10-20)14-21-11-7-8-12-23(21)29-3/h4-12,14,18-19H,13,15-17H2,1-3H3/b22-14+. The lowest BCUT2D eigenvalue weighted by Crippen LogP contribution is -2.44. The molecular formula is C25H29NO4. The molecule has 1 amide bonds. The molecule has 0 spiro atoms. The molecule has 0 bridgehead atoms. The summed E-state index contributed by atoms with van der Waals surface area (Å²) in [6, 6.07) is 16.8. The molecule has 158 valence electrons. The van der Waals surface area contributed by atoms with E-state index in [1.165, 1.54) is 0 Å². The van der Waals surface area contributed by atoms with Crippen LogP contribution in [0.3, 0.4) is 0 Å². The van der Waals surface area contributed by atoms with Gasteiger partial charge in [-0.1, -0.05) is 62.4 Å². The Morgan fingerprint density at radius 1 is 1.00 bits per heavy atom. The summed E-state index contributed by atoms with van der Waals surface area (Å²) in [6.45, 7) is 5.46. The van der Waals surface area contributed by atoms with Crippen LogP contribution in [0, 0.1) is 11.8 Å². The lowest BCUT2D eigenvalue weighted by molar-refractivity contribution is -0.148. The van der Waals surface area contributed by atoms with E-state index in [0.29, 0.717) is 36.2 Å². The topological polar surface area (TPSA) is 55.8 Å². The zero-order valence-electron chi connectivity index (χ0n) is 17.8. The molecule has 1 heterocycles. The second-order valence-electron chi connectivity index (χ2n) is 7.99.